The first-order valence-corrected chi connectivity index (χ1v) is 18.1. The van der Waals surface area contributed by atoms with Gasteiger partial charge in [-0.05, 0) is 95.6 Å². The van der Waals surface area contributed by atoms with Gasteiger partial charge in [-0.1, -0.05) is 103 Å². The Bertz CT molecular complexity index is 2690. The SMILES string of the molecule is C1=CC(c2ccc(Cc3ccc(-n4c5ccccc5c5cnccc54)cc3)cc2)CC=C1Cc1ccc(-n2c3ccccc3c3cnccc32)cc1. The Labute approximate surface area is 302 Å². The molecule has 0 saturated heterocycles. The van der Waals surface area contributed by atoms with E-state index in [1.165, 1.54) is 82.8 Å². The molecule has 248 valence electrons. The van der Waals surface area contributed by atoms with Crippen molar-refractivity contribution in [3.63, 3.8) is 0 Å². The van der Waals surface area contributed by atoms with E-state index in [0.29, 0.717) is 5.92 Å². The minimum atomic E-state index is 0.408. The Morgan fingerprint density at radius 3 is 1.48 bits per heavy atom. The average molecular weight is 669 g/mol. The molecule has 10 rings (SSSR count). The van der Waals surface area contributed by atoms with Gasteiger partial charge in [0, 0.05) is 63.6 Å². The van der Waals surface area contributed by atoms with E-state index < -0.39 is 0 Å². The predicted molar refractivity (Wildman–Crippen MR) is 215 cm³/mol. The Morgan fingerprint density at radius 1 is 0.481 bits per heavy atom. The normalized spacial score (nSPS) is 14.5. The van der Waals surface area contributed by atoms with Crippen LogP contribution < -0.4 is 0 Å². The summed E-state index contributed by atoms with van der Waals surface area (Å²) < 4.78 is 4.68. The molecule has 4 nitrogen and oxygen atoms in total. The Kier molecular flexibility index (Phi) is 7.38. The largest absolute Gasteiger partial charge is 0.309 e. The lowest BCUT2D eigenvalue weighted by Gasteiger charge is -2.17. The molecule has 0 aliphatic heterocycles. The number of hydrogen-bond acceptors (Lipinski definition) is 2. The topological polar surface area (TPSA) is 35.6 Å². The third-order valence-corrected chi connectivity index (χ3v) is 10.7. The van der Waals surface area contributed by atoms with Gasteiger partial charge < -0.3 is 9.13 Å². The molecule has 0 fully saturated rings. The van der Waals surface area contributed by atoms with Gasteiger partial charge in [-0.3, -0.25) is 9.97 Å². The van der Waals surface area contributed by atoms with Crippen molar-refractivity contribution >= 4 is 43.6 Å². The molecule has 52 heavy (non-hydrogen) atoms. The molecule has 9 aromatic rings. The van der Waals surface area contributed by atoms with Gasteiger partial charge in [0.1, 0.15) is 0 Å². The van der Waals surface area contributed by atoms with E-state index >= 15 is 0 Å². The first-order chi connectivity index (χ1) is 25.8. The second kappa shape index (κ2) is 12.7. The molecule has 5 aromatic carbocycles. The van der Waals surface area contributed by atoms with Crippen LogP contribution in [0.1, 0.15) is 34.6 Å². The van der Waals surface area contributed by atoms with E-state index in [1.807, 2.05) is 24.8 Å². The molecule has 4 heteroatoms. The summed E-state index contributed by atoms with van der Waals surface area (Å²) in [6.45, 7) is 0. The fourth-order valence-electron chi connectivity index (χ4n) is 8.11. The first kappa shape index (κ1) is 30.3. The molecule has 1 unspecified atom stereocenters. The van der Waals surface area contributed by atoms with Gasteiger partial charge in [0.15, 0.2) is 0 Å². The van der Waals surface area contributed by atoms with E-state index in [2.05, 4.69) is 171 Å². The lowest BCUT2D eigenvalue weighted by atomic mass is 9.88. The molecule has 0 N–H and O–H groups in total. The number of benzene rings is 5. The Balaban J connectivity index is 0.797. The van der Waals surface area contributed by atoms with Gasteiger partial charge >= 0.3 is 0 Å². The molecule has 1 atom stereocenters. The number of aromatic nitrogens is 4. The van der Waals surface area contributed by atoms with E-state index in [1.54, 1.807) is 0 Å². The monoisotopic (exact) mass is 668 g/mol. The van der Waals surface area contributed by atoms with Gasteiger partial charge in [-0.25, -0.2) is 0 Å². The minimum absolute atomic E-state index is 0.408. The zero-order valence-corrected chi connectivity index (χ0v) is 28.7. The molecule has 1 aliphatic carbocycles. The van der Waals surface area contributed by atoms with Gasteiger partial charge in [-0.15, -0.1) is 0 Å². The summed E-state index contributed by atoms with van der Waals surface area (Å²) in [5.74, 6) is 0.408. The van der Waals surface area contributed by atoms with Crippen molar-refractivity contribution in [2.75, 3.05) is 0 Å². The van der Waals surface area contributed by atoms with Crippen molar-refractivity contribution in [3.05, 3.63) is 204 Å². The lowest BCUT2D eigenvalue weighted by Crippen LogP contribution is -2.01. The van der Waals surface area contributed by atoms with Crippen molar-refractivity contribution in [3.8, 4) is 11.4 Å². The van der Waals surface area contributed by atoms with Crippen LogP contribution in [0.5, 0.6) is 0 Å². The zero-order chi connectivity index (χ0) is 34.4. The van der Waals surface area contributed by atoms with E-state index in [9.17, 15) is 0 Å². The summed E-state index contributed by atoms with van der Waals surface area (Å²) in [5, 5.41) is 4.83. The molecule has 1 aliphatic rings. The van der Waals surface area contributed by atoms with Gasteiger partial charge in [0.25, 0.3) is 0 Å². The Morgan fingerprint density at radius 2 is 0.962 bits per heavy atom. The highest BCUT2D eigenvalue weighted by Gasteiger charge is 2.15. The molecule has 0 bridgehead atoms. The van der Waals surface area contributed by atoms with Crippen LogP contribution in [0, 0.1) is 0 Å². The van der Waals surface area contributed by atoms with Crippen LogP contribution in [0.25, 0.3) is 55.0 Å². The molecular weight excluding hydrogens is 633 g/mol. The number of allylic oxidation sites excluding steroid dienone is 4. The summed E-state index contributed by atoms with van der Waals surface area (Å²) in [6, 6.07) is 48.6. The molecule has 4 heterocycles. The summed E-state index contributed by atoms with van der Waals surface area (Å²) >= 11 is 0. The van der Waals surface area contributed by atoms with Crippen molar-refractivity contribution in [1.82, 2.24) is 19.1 Å². The fraction of sp³-hybridized carbons (Fsp3) is 0.0833. The van der Waals surface area contributed by atoms with Crippen LogP contribution in [0.15, 0.2) is 182 Å². The summed E-state index contributed by atoms with van der Waals surface area (Å²) in [7, 11) is 0. The number of fused-ring (bicyclic) bond motifs is 6. The quantitative estimate of drug-likeness (QED) is 0.169. The molecule has 4 aromatic heterocycles. The van der Waals surface area contributed by atoms with E-state index in [4.69, 9.17) is 0 Å². The highest BCUT2D eigenvalue weighted by atomic mass is 15.0. The van der Waals surface area contributed by atoms with Crippen molar-refractivity contribution < 1.29 is 0 Å². The first-order valence-electron chi connectivity index (χ1n) is 18.1. The zero-order valence-electron chi connectivity index (χ0n) is 28.7. The number of para-hydroxylation sites is 2. The maximum Gasteiger partial charge on any atom is 0.0571 e. The average Bonchev–Trinajstić information content (AvgIpc) is 3.73. The smallest absolute Gasteiger partial charge is 0.0571 e. The summed E-state index contributed by atoms with van der Waals surface area (Å²) in [6.07, 6.45) is 17.7. The number of rotatable bonds is 7. The van der Waals surface area contributed by atoms with Crippen LogP contribution >= 0.6 is 0 Å². The van der Waals surface area contributed by atoms with E-state index in [0.717, 1.165) is 19.3 Å². The van der Waals surface area contributed by atoms with Crippen LogP contribution in [0.3, 0.4) is 0 Å². The predicted octanol–water partition coefficient (Wildman–Crippen LogP) is 11.5. The Hall–Kier alpha value is -6.52. The third-order valence-electron chi connectivity index (χ3n) is 10.7. The highest BCUT2D eigenvalue weighted by Crippen LogP contribution is 2.34. The molecular formula is C48H36N4. The van der Waals surface area contributed by atoms with Gasteiger partial charge in [0.2, 0.25) is 0 Å². The van der Waals surface area contributed by atoms with Crippen molar-refractivity contribution in [1.29, 1.82) is 0 Å². The second-order valence-corrected chi connectivity index (χ2v) is 13.9. The summed E-state index contributed by atoms with van der Waals surface area (Å²) in [4.78, 5) is 8.77. The van der Waals surface area contributed by atoms with Crippen molar-refractivity contribution in [2.45, 2.75) is 25.2 Å². The van der Waals surface area contributed by atoms with Gasteiger partial charge in [-0.2, -0.15) is 0 Å². The van der Waals surface area contributed by atoms with Crippen LogP contribution in [0.2, 0.25) is 0 Å². The van der Waals surface area contributed by atoms with Crippen LogP contribution in [-0.2, 0) is 12.8 Å². The summed E-state index contributed by atoms with van der Waals surface area (Å²) in [5.41, 5.74) is 13.8. The minimum Gasteiger partial charge on any atom is -0.309 e. The molecule has 0 radical (unpaired) electrons. The van der Waals surface area contributed by atoms with Crippen LogP contribution in [-0.4, -0.2) is 19.1 Å². The highest BCUT2D eigenvalue weighted by molar-refractivity contribution is 6.09. The third kappa shape index (κ3) is 5.32. The molecule has 0 amide bonds. The molecule has 0 saturated carbocycles. The maximum absolute atomic E-state index is 4.39. The fourth-order valence-corrected chi connectivity index (χ4v) is 8.11. The number of pyridine rings is 2. The number of nitrogens with zero attached hydrogens (tertiary/aromatic N) is 4. The van der Waals surface area contributed by atoms with Crippen LogP contribution in [0.4, 0.5) is 0 Å². The second-order valence-electron chi connectivity index (χ2n) is 13.9. The number of hydrogen-bond donors (Lipinski definition) is 0. The van der Waals surface area contributed by atoms with Gasteiger partial charge in [0.05, 0.1) is 22.1 Å². The lowest BCUT2D eigenvalue weighted by molar-refractivity contribution is 0.838. The maximum atomic E-state index is 4.39. The van der Waals surface area contributed by atoms with E-state index in [-0.39, 0.29) is 0 Å². The molecule has 0 spiro atoms. The van der Waals surface area contributed by atoms with Crippen molar-refractivity contribution in [2.24, 2.45) is 0 Å². The standard InChI is InChI=1S/C48H36N4/c1-3-7-45-41(5-1)43-31-49-27-25-47(43)51(45)39-21-13-35(14-22-39)29-33-9-17-37(18-10-33)38-19-11-34(12-20-38)30-36-15-23-40(24-16-36)52-46-8-4-2-6-42(46)44-32-50-28-26-48(44)52/h1-19,21-28,31-32,38H,20,29-30H2.